The molecule has 0 aromatic carbocycles. The number of nitrogens with one attached hydrogen (secondary N) is 2. The lowest BCUT2D eigenvalue weighted by Crippen LogP contribution is -2.46. The predicted molar refractivity (Wildman–Crippen MR) is 53.2 cm³/mol. The first-order chi connectivity index (χ1) is 5.83. The van der Waals surface area contributed by atoms with Crippen LogP contribution < -0.4 is 10.6 Å². The van der Waals surface area contributed by atoms with Crippen LogP contribution in [-0.2, 0) is 9.53 Å². The molecule has 13 heavy (non-hydrogen) atoms. The van der Waals surface area contributed by atoms with Crippen LogP contribution in [0.15, 0.2) is 0 Å². The molecule has 0 bridgehead atoms. The third-order valence-corrected chi connectivity index (χ3v) is 1.94. The number of ether oxygens (including phenoxy) is 1. The van der Waals surface area contributed by atoms with E-state index >= 15 is 0 Å². The Labute approximate surface area is 84.8 Å². The lowest BCUT2D eigenvalue weighted by molar-refractivity contribution is -0.125. The molecule has 0 aromatic rings. The van der Waals surface area contributed by atoms with E-state index in [0.717, 1.165) is 25.9 Å². The van der Waals surface area contributed by atoms with Gasteiger partial charge in [-0.3, -0.25) is 4.79 Å². The Morgan fingerprint density at radius 1 is 1.69 bits per heavy atom. The number of halogens is 1. The predicted octanol–water partition coefficient (Wildman–Crippen LogP) is -0.0772. The summed E-state index contributed by atoms with van der Waals surface area (Å²) in [5, 5.41) is 6.12. The molecule has 78 valence electrons. The van der Waals surface area contributed by atoms with E-state index in [4.69, 9.17) is 4.74 Å². The zero-order valence-corrected chi connectivity index (χ0v) is 8.65. The number of hydrogen-bond donors (Lipinski definition) is 2. The number of methoxy groups -OCH3 is 1. The number of amides is 1. The van der Waals surface area contributed by atoms with E-state index in [2.05, 4.69) is 10.6 Å². The molecule has 5 heteroatoms. The van der Waals surface area contributed by atoms with Gasteiger partial charge in [-0.2, -0.15) is 0 Å². The average molecular weight is 209 g/mol. The maximum absolute atomic E-state index is 11.0. The zero-order valence-electron chi connectivity index (χ0n) is 7.84. The lowest BCUT2D eigenvalue weighted by Gasteiger charge is -2.23. The first-order valence-electron chi connectivity index (χ1n) is 4.32. The molecule has 0 aliphatic carbocycles. The Hall–Kier alpha value is -0.320. The van der Waals surface area contributed by atoms with E-state index < -0.39 is 0 Å². The molecule has 4 nitrogen and oxygen atoms in total. The van der Waals surface area contributed by atoms with E-state index in [1.165, 1.54) is 7.11 Å². The van der Waals surface area contributed by atoms with Gasteiger partial charge in [-0.1, -0.05) is 0 Å². The molecule has 1 aliphatic heterocycles. The molecule has 1 saturated heterocycles. The van der Waals surface area contributed by atoms with Crippen molar-refractivity contribution in [2.45, 2.75) is 18.9 Å². The molecule has 1 rings (SSSR count). The van der Waals surface area contributed by atoms with Gasteiger partial charge < -0.3 is 15.4 Å². The van der Waals surface area contributed by atoms with E-state index in [0.29, 0.717) is 6.04 Å². The number of rotatable bonds is 3. The number of hydrogen-bond acceptors (Lipinski definition) is 3. The van der Waals surface area contributed by atoms with E-state index in [-0.39, 0.29) is 24.9 Å². The summed E-state index contributed by atoms with van der Waals surface area (Å²) < 4.78 is 4.71. The minimum atomic E-state index is -0.0220. The molecule has 0 radical (unpaired) electrons. The van der Waals surface area contributed by atoms with Crippen molar-refractivity contribution in [2.24, 2.45) is 0 Å². The van der Waals surface area contributed by atoms with Gasteiger partial charge in [0.1, 0.15) is 6.61 Å². The van der Waals surface area contributed by atoms with Crippen molar-refractivity contribution >= 4 is 18.3 Å². The van der Waals surface area contributed by atoms with Crippen LogP contribution in [0.25, 0.3) is 0 Å². The maximum atomic E-state index is 11.0. The van der Waals surface area contributed by atoms with Gasteiger partial charge >= 0.3 is 0 Å². The summed E-state index contributed by atoms with van der Waals surface area (Å²) in [7, 11) is 1.53. The fourth-order valence-corrected chi connectivity index (χ4v) is 1.38. The summed E-state index contributed by atoms with van der Waals surface area (Å²) in [6.07, 6.45) is 2.21. The van der Waals surface area contributed by atoms with Gasteiger partial charge in [0.2, 0.25) is 5.91 Å². The van der Waals surface area contributed by atoms with Crippen LogP contribution in [0.5, 0.6) is 0 Å². The van der Waals surface area contributed by atoms with Crippen LogP contribution in [-0.4, -0.2) is 38.8 Å². The standard InChI is InChI=1S/C8H16N2O2.ClH/c1-12-6-8(11)10-7-3-2-4-9-5-7;/h7,9H,2-6H2,1H3,(H,10,11);1H. The molecule has 1 heterocycles. The summed E-state index contributed by atoms with van der Waals surface area (Å²) in [5.74, 6) is -0.0220. The summed E-state index contributed by atoms with van der Waals surface area (Å²) in [6.45, 7) is 2.11. The topological polar surface area (TPSA) is 50.4 Å². The number of carbonyl (C=O) groups is 1. The van der Waals surface area contributed by atoms with Crippen molar-refractivity contribution in [3.8, 4) is 0 Å². The van der Waals surface area contributed by atoms with Crippen LogP contribution in [0.3, 0.4) is 0 Å². The molecule has 1 aliphatic rings. The SMILES string of the molecule is COCC(=O)NC1CCCNC1.Cl. The minimum absolute atomic E-state index is 0. The molecule has 0 saturated carbocycles. The molecule has 0 spiro atoms. The van der Waals surface area contributed by atoms with Crippen molar-refractivity contribution < 1.29 is 9.53 Å². The highest BCUT2D eigenvalue weighted by atomic mass is 35.5. The van der Waals surface area contributed by atoms with Crippen molar-refractivity contribution in [3.63, 3.8) is 0 Å². The largest absolute Gasteiger partial charge is 0.375 e. The highest BCUT2D eigenvalue weighted by Crippen LogP contribution is 2.00. The Bertz CT molecular complexity index is 149. The zero-order chi connectivity index (χ0) is 8.81. The van der Waals surface area contributed by atoms with Crippen LogP contribution in [0, 0.1) is 0 Å². The second-order valence-electron chi connectivity index (χ2n) is 3.04. The summed E-state index contributed by atoms with van der Waals surface area (Å²) in [6, 6.07) is 0.293. The average Bonchev–Trinajstić information content (AvgIpc) is 2.06. The van der Waals surface area contributed by atoms with E-state index in [1.54, 1.807) is 0 Å². The lowest BCUT2D eigenvalue weighted by atomic mass is 10.1. The highest BCUT2D eigenvalue weighted by molar-refractivity contribution is 5.85. The monoisotopic (exact) mass is 208 g/mol. The first kappa shape index (κ1) is 12.7. The highest BCUT2D eigenvalue weighted by Gasteiger charge is 2.14. The van der Waals surface area contributed by atoms with Crippen LogP contribution in [0.4, 0.5) is 0 Å². The van der Waals surface area contributed by atoms with Gasteiger partial charge in [0.25, 0.3) is 0 Å². The normalized spacial score (nSPS) is 21.8. The Morgan fingerprint density at radius 3 is 3.00 bits per heavy atom. The molecular weight excluding hydrogens is 192 g/mol. The maximum Gasteiger partial charge on any atom is 0.246 e. The fourth-order valence-electron chi connectivity index (χ4n) is 1.38. The molecule has 2 N–H and O–H groups in total. The van der Waals surface area contributed by atoms with Gasteiger partial charge in [-0.25, -0.2) is 0 Å². The Morgan fingerprint density at radius 2 is 2.46 bits per heavy atom. The Kier molecular flexibility index (Phi) is 6.94. The molecular formula is C8H17ClN2O2. The Balaban J connectivity index is 0.00000144. The molecule has 1 unspecified atom stereocenters. The second-order valence-corrected chi connectivity index (χ2v) is 3.04. The fraction of sp³-hybridized carbons (Fsp3) is 0.875. The van der Waals surface area contributed by atoms with Crippen molar-refractivity contribution in [2.75, 3.05) is 26.8 Å². The molecule has 1 amide bonds. The van der Waals surface area contributed by atoms with Gasteiger partial charge in [-0.15, -0.1) is 12.4 Å². The van der Waals surface area contributed by atoms with Gasteiger partial charge in [0, 0.05) is 19.7 Å². The van der Waals surface area contributed by atoms with Crippen molar-refractivity contribution in [1.82, 2.24) is 10.6 Å². The molecule has 1 fully saturated rings. The summed E-state index contributed by atoms with van der Waals surface area (Å²) >= 11 is 0. The van der Waals surface area contributed by atoms with Gasteiger partial charge in [0.15, 0.2) is 0 Å². The third kappa shape index (κ3) is 5.08. The first-order valence-corrected chi connectivity index (χ1v) is 4.32. The van der Waals surface area contributed by atoms with Crippen LogP contribution in [0.2, 0.25) is 0 Å². The van der Waals surface area contributed by atoms with Crippen LogP contribution in [0.1, 0.15) is 12.8 Å². The number of carbonyl (C=O) groups excluding carboxylic acids is 1. The van der Waals surface area contributed by atoms with Crippen LogP contribution >= 0.6 is 12.4 Å². The number of piperidine rings is 1. The molecule has 0 aromatic heterocycles. The smallest absolute Gasteiger partial charge is 0.246 e. The minimum Gasteiger partial charge on any atom is -0.375 e. The summed E-state index contributed by atoms with van der Waals surface area (Å²) in [4.78, 5) is 11.0. The van der Waals surface area contributed by atoms with Gasteiger partial charge in [-0.05, 0) is 19.4 Å². The van der Waals surface area contributed by atoms with E-state index in [1.807, 2.05) is 0 Å². The third-order valence-electron chi connectivity index (χ3n) is 1.94. The van der Waals surface area contributed by atoms with Gasteiger partial charge in [0.05, 0.1) is 0 Å². The van der Waals surface area contributed by atoms with Crippen molar-refractivity contribution in [3.05, 3.63) is 0 Å². The quantitative estimate of drug-likeness (QED) is 0.683. The molecule has 1 atom stereocenters. The second kappa shape index (κ2) is 7.12. The van der Waals surface area contributed by atoms with E-state index in [9.17, 15) is 4.79 Å². The summed E-state index contributed by atoms with van der Waals surface area (Å²) in [5.41, 5.74) is 0. The van der Waals surface area contributed by atoms with Crippen molar-refractivity contribution in [1.29, 1.82) is 0 Å².